The topological polar surface area (TPSA) is 27.7 Å². The number of halogens is 1. The molecule has 102 valence electrons. The Hall–Kier alpha value is -1.43. The van der Waals surface area contributed by atoms with E-state index in [1.165, 1.54) is 3.57 Å². The number of benzene rings is 2. The van der Waals surface area contributed by atoms with Crippen LogP contribution in [0.5, 0.6) is 17.2 Å². The van der Waals surface area contributed by atoms with E-state index >= 15 is 0 Å². The maximum absolute atomic E-state index is 5.43. The third-order valence-electron chi connectivity index (χ3n) is 2.62. The van der Waals surface area contributed by atoms with Crippen LogP contribution >= 0.6 is 0 Å². The molecule has 2 aromatic rings. The van der Waals surface area contributed by atoms with Crippen LogP contribution in [0.3, 0.4) is 0 Å². The molecule has 0 radical (unpaired) electrons. The standard InChI is InChI=1S/C15H16IO3/c1-17-12-9-7-11(8-10-12)16-15-13(18-2)5-4-6-14(15)19-3/h4-10H,1-3H3/q-1. The van der Waals surface area contributed by atoms with E-state index in [0.717, 1.165) is 20.8 Å². The minimum absolute atomic E-state index is 0.351. The van der Waals surface area contributed by atoms with Crippen molar-refractivity contribution >= 4 is 0 Å². The fourth-order valence-electron chi connectivity index (χ4n) is 1.64. The van der Waals surface area contributed by atoms with Gasteiger partial charge in [0.25, 0.3) is 0 Å². The summed E-state index contributed by atoms with van der Waals surface area (Å²) in [5.74, 6) is 2.66. The number of methoxy groups -OCH3 is 3. The zero-order chi connectivity index (χ0) is 13.7. The van der Waals surface area contributed by atoms with Crippen molar-refractivity contribution in [3.05, 3.63) is 49.6 Å². The molecule has 0 saturated heterocycles. The predicted molar refractivity (Wildman–Crippen MR) is 69.9 cm³/mol. The normalized spacial score (nSPS) is 10.3. The summed E-state index contributed by atoms with van der Waals surface area (Å²) in [6, 6.07) is 14.0. The van der Waals surface area contributed by atoms with Gasteiger partial charge in [-0.1, -0.05) is 0 Å². The summed E-state index contributed by atoms with van der Waals surface area (Å²) >= 11 is -0.351. The maximum atomic E-state index is 5.43. The molecule has 0 N–H and O–H groups in total. The van der Waals surface area contributed by atoms with Gasteiger partial charge in [0.1, 0.15) is 0 Å². The van der Waals surface area contributed by atoms with Gasteiger partial charge in [0.15, 0.2) is 0 Å². The van der Waals surface area contributed by atoms with E-state index in [2.05, 4.69) is 12.1 Å². The molecule has 4 heteroatoms. The number of rotatable bonds is 5. The molecule has 0 fully saturated rings. The van der Waals surface area contributed by atoms with Crippen molar-refractivity contribution in [2.45, 2.75) is 0 Å². The van der Waals surface area contributed by atoms with Gasteiger partial charge in [-0.2, -0.15) is 0 Å². The molecule has 19 heavy (non-hydrogen) atoms. The third-order valence-corrected chi connectivity index (χ3v) is 5.57. The van der Waals surface area contributed by atoms with Gasteiger partial charge >= 0.3 is 124 Å². The van der Waals surface area contributed by atoms with Crippen LogP contribution in [0.15, 0.2) is 42.5 Å². The second-order valence-corrected chi connectivity index (χ2v) is 6.59. The van der Waals surface area contributed by atoms with Crippen LogP contribution in [-0.4, -0.2) is 21.3 Å². The fourth-order valence-corrected chi connectivity index (χ4v) is 4.32. The summed E-state index contributed by atoms with van der Waals surface area (Å²) in [6.45, 7) is 0. The van der Waals surface area contributed by atoms with Crippen molar-refractivity contribution in [1.29, 1.82) is 0 Å². The average molecular weight is 371 g/mol. The Morgan fingerprint density at radius 3 is 1.79 bits per heavy atom. The molecule has 0 heterocycles. The summed E-state index contributed by atoms with van der Waals surface area (Å²) in [5, 5.41) is 0. The molecule has 0 atom stereocenters. The van der Waals surface area contributed by atoms with Crippen molar-refractivity contribution in [2.75, 3.05) is 21.3 Å². The predicted octanol–water partition coefficient (Wildman–Crippen LogP) is -0.159. The molecule has 0 amide bonds. The van der Waals surface area contributed by atoms with Crippen molar-refractivity contribution in [1.82, 2.24) is 0 Å². The van der Waals surface area contributed by atoms with Gasteiger partial charge in [-0.25, -0.2) is 0 Å². The first-order valence-electron chi connectivity index (χ1n) is 5.78. The van der Waals surface area contributed by atoms with Crippen LogP contribution < -0.4 is 35.4 Å². The summed E-state index contributed by atoms with van der Waals surface area (Å²) in [7, 11) is 5.05. The third kappa shape index (κ3) is 3.32. The monoisotopic (exact) mass is 371 g/mol. The Balaban J connectivity index is 2.30. The molecular formula is C15H16IO3-. The van der Waals surface area contributed by atoms with Crippen LogP contribution in [0.2, 0.25) is 0 Å². The van der Waals surface area contributed by atoms with Gasteiger partial charge in [0.2, 0.25) is 0 Å². The van der Waals surface area contributed by atoms with Gasteiger partial charge in [0.05, 0.1) is 0 Å². The van der Waals surface area contributed by atoms with Gasteiger partial charge in [-0.05, 0) is 0 Å². The van der Waals surface area contributed by atoms with Gasteiger partial charge in [-0.3, -0.25) is 0 Å². The Labute approximate surface area is 123 Å². The van der Waals surface area contributed by atoms with Gasteiger partial charge in [0, 0.05) is 0 Å². The first-order chi connectivity index (χ1) is 9.28. The van der Waals surface area contributed by atoms with E-state index in [1.54, 1.807) is 21.3 Å². The number of ether oxygens (including phenoxy) is 3. The zero-order valence-electron chi connectivity index (χ0n) is 11.1. The van der Waals surface area contributed by atoms with E-state index in [9.17, 15) is 0 Å². The van der Waals surface area contributed by atoms with Crippen LogP contribution in [0.1, 0.15) is 0 Å². The average Bonchev–Trinajstić information content (AvgIpc) is 2.48. The van der Waals surface area contributed by atoms with E-state index in [0.29, 0.717) is 0 Å². The Morgan fingerprint density at radius 1 is 0.737 bits per heavy atom. The molecule has 0 bridgehead atoms. The summed E-state index contributed by atoms with van der Waals surface area (Å²) in [6.07, 6.45) is 0. The zero-order valence-corrected chi connectivity index (χ0v) is 13.3. The van der Waals surface area contributed by atoms with Crippen molar-refractivity contribution in [3.8, 4) is 17.2 Å². The second kappa shape index (κ2) is 6.65. The van der Waals surface area contributed by atoms with Gasteiger partial charge < -0.3 is 0 Å². The number of hydrogen-bond acceptors (Lipinski definition) is 3. The molecule has 0 aliphatic heterocycles. The molecule has 2 rings (SSSR count). The summed E-state index contributed by atoms with van der Waals surface area (Å²) in [5.41, 5.74) is 0. The van der Waals surface area contributed by atoms with E-state index in [-0.39, 0.29) is 21.2 Å². The van der Waals surface area contributed by atoms with E-state index in [4.69, 9.17) is 14.2 Å². The van der Waals surface area contributed by atoms with Crippen LogP contribution in [0, 0.1) is 7.14 Å². The van der Waals surface area contributed by atoms with E-state index in [1.807, 2.05) is 30.3 Å². The minimum atomic E-state index is -0.351. The molecular weight excluding hydrogens is 355 g/mol. The molecule has 0 spiro atoms. The molecule has 0 unspecified atom stereocenters. The molecule has 0 saturated carbocycles. The summed E-state index contributed by atoms with van der Waals surface area (Å²) < 4.78 is 18.5. The van der Waals surface area contributed by atoms with Crippen LogP contribution in [0.25, 0.3) is 0 Å². The molecule has 0 aromatic heterocycles. The van der Waals surface area contributed by atoms with Crippen LogP contribution in [-0.2, 0) is 0 Å². The molecule has 0 aliphatic carbocycles. The second-order valence-electron chi connectivity index (χ2n) is 3.73. The Morgan fingerprint density at radius 2 is 1.32 bits per heavy atom. The van der Waals surface area contributed by atoms with Crippen molar-refractivity contribution < 1.29 is 35.4 Å². The fraction of sp³-hybridized carbons (Fsp3) is 0.200. The summed E-state index contributed by atoms with van der Waals surface area (Å²) in [4.78, 5) is 0. The van der Waals surface area contributed by atoms with Crippen LogP contribution in [0.4, 0.5) is 0 Å². The van der Waals surface area contributed by atoms with Crippen molar-refractivity contribution in [3.63, 3.8) is 0 Å². The number of hydrogen-bond donors (Lipinski definition) is 0. The Kier molecular flexibility index (Phi) is 4.90. The first kappa shape index (κ1) is 14.0. The van der Waals surface area contributed by atoms with E-state index < -0.39 is 0 Å². The van der Waals surface area contributed by atoms with Crippen molar-refractivity contribution in [2.24, 2.45) is 0 Å². The first-order valence-corrected chi connectivity index (χ1v) is 7.94. The molecule has 0 aliphatic rings. The molecule has 3 nitrogen and oxygen atoms in total. The quantitative estimate of drug-likeness (QED) is 0.684. The van der Waals surface area contributed by atoms with Gasteiger partial charge in [-0.15, -0.1) is 0 Å². The SMILES string of the molecule is COc1ccc([I-]c2c(OC)cccc2OC)cc1. The Bertz CT molecular complexity index is 515. The molecule has 2 aromatic carbocycles.